The van der Waals surface area contributed by atoms with Crippen LogP contribution >= 0.6 is 0 Å². The molecule has 0 bridgehead atoms. The number of benzene rings is 2. The SMILES string of the molecule is Cc1ccc(/C=C/C(=O)O[C@@H](C)C(=O)Nc2ccc(C(F)(F)F)cc2)cc1. The maximum absolute atomic E-state index is 12.5. The number of ether oxygens (including phenoxy) is 1. The van der Waals surface area contributed by atoms with E-state index in [0.717, 1.165) is 35.4 Å². The quantitative estimate of drug-likeness (QED) is 0.612. The molecule has 2 aromatic carbocycles. The number of esters is 1. The van der Waals surface area contributed by atoms with E-state index in [4.69, 9.17) is 4.74 Å². The minimum Gasteiger partial charge on any atom is -0.449 e. The van der Waals surface area contributed by atoms with Crippen LogP contribution in [-0.4, -0.2) is 18.0 Å². The van der Waals surface area contributed by atoms with E-state index in [0.29, 0.717) is 0 Å². The third-order valence-corrected chi connectivity index (χ3v) is 3.63. The van der Waals surface area contributed by atoms with Crippen LogP contribution in [0.2, 0.25) is 0 Å². The van der Waals surface area contributed by atoms with Crippen LogP contribution in [0.3, 0.4) is 0 Å². The van der Waals surface area contributed by atoms with Gasteiger partial charge in [0, 0.05) is 11.8 Å². The van der Waals surface area contributed by atoms with Crippen molar-refractivity contribution in [2.45, 2.75) is 26.1 Å². The van der Waals surface area contributed by atoms with Crippen LogP contribution in [0.25, 0.3) is 6.08 Å². The van der Waals surface area contributed by atoms with Gasteiger partial charge < -0.3 is 10.1 Å². The maximum Gasteiger partial charge on any atom is 0.416 e. The predicted molar refractivity (Wildman–Crippen MR) is 95.8 cm³/mol. The zero-order chi connectivity index (χ0) is 20.0. The Balaban J connectivity index is 1.89. The van der Waals surface area contributed by atoms with Crippen LogP contribution in [0.15, 0.2) is 54.6 Å². The number of hydrogen-bond donors (Lipinski definition) is 1. The largest absolute Gasteiger partial charge is 0.449 e. The molecule has 0 aliphatic heterocycles. The molecular formula is C20H18F3NO3. The molecular weight excluding hydrogens is 359 g/mol. The number of anilines is 1. The first-order valence-electron chi connectivity index (χ1n) is 8.08. The van der Waals surface area contributed by atoms with Gasteiger partial charge in [-0.1, -0.05) is 29.8 Å². The Morgan fingerprint density at radius 1 is 1.04 bits per heavy atom. The predicted octanol–water partition coefficient (Wildman–Crippen LogP) is 4.60. The topological polar surface area (TPSA) is 55.4 Å². The number of hydrogen-bond acceptors (Lipinski definition) is 3. The van der Waals surface area contributed by atoms with Gasteiger partial charge in [-0.2, -0.15) is 13.2 Å². The number of aryl methyl sites for hydroxylation is 1. The lowest BCUT2D eigenvalue weighted by Gasteiger charge is -2.13. The van der Waals surface area contributed by atoms with E-state index < -0.39 is 29.7 Å². The zero-order valence-corrected chi connectivity index (χ0v) is 14.7. The minimum absolute atomic E-state index is 0.172. The smallest absolute Gasteiger partial charge is 0.416 e. The molecule has 7 heteroatoms. The van der Waals surface area contributed by atoms with Crippen molar-refractivity contribution in [1.82, 2.24) is 0 Å². The summed E-state index contributed by atoms with van der Waals surface area (Å²) < 4.78 is 42.5. The second-order valence-electron chi connectivity index (χ2n) is 5.89. The van der Waals surface area contributed by atoms with Crippen molar-refractivity contribution in [3.63, 3.8) is 0 Å². The third kappa shape index (κ3) is 6.29. The number of carbonyl (C=O) groups excluding carboxylic acids is 2. The van der Waals surface area contributed by atoms with E-state index in [-0.39, 0.29) is 5.69 Å². The highest BCUT2D eigenvalue weighted by Crippen LogP contribution is 2.29. The Morgan fingerprint density at radius 2 is 1.63 bits per heavy atom. The van der Waals surface area contributed by atoms with E-state index >= 15 is 0 Å². The molecule has 2 aromatic rings. The van der Waals surface area contributed by atoms with Gasteiger partial charge in [0.05, 0.1) is 5.56 Å². The van der Waals surface area contributed by atoms with Crippen molar-refractivity contribution in [3.05, 3.63) is 71.3 Å². The van der Waals surface area contributed by atoms with Crippen molar-refractivity contribution in [2.24, 2.45) is 0 Å². The summed E-state index contributed by atoms with van der Waals surface area (Å²) in [5, 5.41) is 2.40. The summed E-state index contributed by atoms with van der Waals surface area (Å²) in [6.45, 7) is 3.32. The molecule has 0 heterocycles. The fourth-order valence-corrected chi connectivity index (χ4v) is 2.10. The van der Waals surface area contributed by atoms with Crippen LogP contribution < -0.4 is 5.32 Å². The van der Waals surface area contributed by atoms with Crippen molar-refractivity contribution in [1.29, 1.82) is 0 Å². The standard InChI is InChI=1S/C20H18F3NO3/c1-13-3-5-15(6-4-13)7-12-18(25)27-14(2)19(26)24-17-10-8-16(9-11-17)20(21,22)23/h3-12,14H,1-2H3,(H,24,26)/b12-7+/t14-/m0/s1. The van der Waals surface area contributed by atoms with Crippen molar-refractivity contribution >= 4 is 23.6 Å². The molecule has 4 nitrogen and oxygen atoms in total. The number of alkyl halides is 3. The summed E-state index contributed by atoms with van der Waals surface area (Å²) in [7, 11) is 0. The summed E-state index contributed by atoms with van der Waals surface area (Å²) in [6.07, 6.45) is -2.80. The van der Waals surface area contributed by atoms with Crippen LogP contribution in [0.4, 0.5) is 18.9 Å². The van der Waals surface area contributed by atoms with E-state index in [1.807, 2.05) is 31.2 Å². The molecule has 0 saturated heterocycles. The first kappa shape index (κ1) is 20.2. The van der Waals surface area contributed by atoms with E-state index in [2.05, 4.69) is 5.32 Å². The van der Waals surface area contributed by atoms with Gasteiger partial charge >= 0.3 is 12.1 Å². The number of carbonyl (C=O) groups is 2. The maximum atomic E-state index is 12.5. The minimum atomic E-state index is -4.45. The summed E-state index contributed by atoms with van der Waals surface area (Å²) in [5.41, 5.74) is 1.25. The molecule has 0 radical (unpaired) electrons. The van der Waals surface area contributed by atoms with Gasteiger partial charge in [0.1, 0.15) is 0 Å². The van der Waals surface area contributed by atoms with E-state index in [1.165, 1.54) is 13.0 Å². The van der Waals surface area contributed by atoms with Crippen LogP contribution in [0, 0.1) is 6.92 Å². The van der Waals surface area contributed by atoms with Gasteiger partial charge in [-0.3, -0.25) is 4.79 Å². The highest BCUT2D eigenvalue weighted by molar-refractivity contribution is 5.96. The molecule has 1 amide bonds. The summed E-state index contributed by atoms with van der Waals surface area (Å²) in [4.78, 5) is 23.8. The molecule has 0 spiro atoms. The average molecular weight is 377 g/mol. The molecule has 0 unspecified atom stereocenters. The molecule has 0 fully saturated rings. The molecule has 27 heavy (non-hydrogen) atoms. The monoisotopic (exact) mass is 377 g/mol. The fourth-order valence-electron chi connectivity index (χ4n) is 2.10. The Morgan fingerprint density at radius 3 is 2.19 bits per heavy atom. The Labute approximate surface area is 154 Å². The lowest BCUT2D eigenvalue weighted by molar-refractivity contribution is -0.148. The van der Waals surface area contributed by atoms with Crippen molar-refractivity contribution in [2.75, 3.05) is 5.32 Å². The van der Waals surface area contributed by atoms with Crippen molar-refractivity contribution in [3.8, 4) is 0 Å². The summed E-state index contributed by atoms with van der Waals surface area (Å²) in [6, 6.07) is 11.4. The lowest BCUT2D eigenvalue weighted by atomic mass is 10.1. The Hall–Kier alpha value is -3.09. The van der Waals surface area contributed by atoms with Gasteiger partial charge in [0.2, 0.25) is 0 Å². The Bertz CT molecular complexity index is 825. The molecule has 0 saturated carbocycles. The highest BCUT2D eigenvalue weighted by atomic mass is 19.4. The lowest BCUT2D eigenvalue weighted by Crippen LogP contribution is -2.29. The van der Waals surface area contributed by atoms with Gasteiger partial charge in [-0.15, -0.1) is 0 Å². The van der Waals surface area contributed by atoms with Gasteiger partial charge in [0.15, 0.2) is 6.10 Å². The number of amides is 1. The van der Waals surface area contributed by atoms with Crippen LogP contribution in [0.5, 0.6) is 0 Å². The molecule has 0 aliphatic carbocycles. The first-order valence-corrected chi connectivity index (χ1v) is 8.08. The molecule has 1 atom stereocenters. The molecule has 0 aliphatic rings. The normalized spacial score (nSPS) is 12.6. The van der Waals surface area contributed by atoms with Crippen LogP contribution in [0.1, 0.15) is 23.6 Å². The molecule has 0 aromatic heterocycles. The van der Waals surface area contributed by atoms with E-state index in [1.54, 1.807) is 6.08 Å². The Kier molecular flexibility index (Phi) is 6.39. The number of halogens is 3. The van der Waals surface area contributed by atoms with E-state index in [9.17, 15) is 22.8 Å². The number of nitrogens with one attached hydrogen (secondary N) is 1. The first-order chi connectivity index (χ1) is 12.6. The summed E-state index contributed by atoms with van der Waals surface area (Å²) in [5.74, 6) is -1.35. The molecule has 2 rings (SSSR count). The number of rotatable bonds is 5. The molecule has 1 N–H and O–H groups in total. The molecule has 142 valence electrons. The summed E-state index contributed by atoms with van der Waals surface area (Å²) >= 11 is 0. The van der Waals surface area contributed by atoms with Gasteiger partial charge in [-0.25, -0.2) is 4.79 Å². The van der Waals surface area contributed by atoms with Gasteiger partial charge in [0.25, 0.3) is 5.91 Å². The van der Waals surface area contributed by atoms with Crippen molar-refractivity contribution < 1.29 is 27.5 Å². The fraction of sp³-hybridized carbons (Fsp3) is 0.200. The van der Waals surface area contributed by atoms with Gasteiger partial charge in [-0.05, 0) is 49.8 Å². The third-order valence-electron chi connectivity index (χ3n) is 3.63. The second-order valence-corrected chi connectivity index (χ2v) is 5.89. The second kappa shape index (κ2) is 8.53. The highest BCUT2D eigenvalue weighted by Gasteiger charge is 2.30. The zero-order valence-electron chi connectivity index (χ0n) is 14.7. The average Bonchev–Trinajstić information content (AvgIpc) is 2.61. The van der Waals surface area contributed by atoms with Crippen LogP contribution in [-0.2, 0) is 20.5 Å².